The normalized spacial score (nSPS) is 13.8. The van der Waals surface area contributed by atoms with Crippen molar-refractivity contribution < 1.29 is 10.2 Å². The molecule has 0 saturated carbocycles. The lowest BCUT2D eigenvalue weighted by Gasteiger charge is -2.17. The van der Waals surface area contributed by atoms with Crippen molar-refractivity contribution in [3.8, 4) is 0 Å². The number of hydrogen-bond donors (Lipinski definition) is 4. The number of rotatable bonds is 5. The molecule has 2 rings (SSSR count). The van der Waals surface area contributed by atoms with Crippen LogP contribution < -0.4 is 11.1 Å². The lowest BCUT2D eigenvalue weighted by molar-refractivity contribution is 0.0244. The van der Waals surface area contributed by atoms with Gasteiger partial charge in [-0.25, -0.2) is 0 Å². The van der Waals surface area contributed by atoms with E-state index in [1.165, 1.54) is 0 Å². The lowest BCUT2D eigenvalue weighted by Crippen LogP contribution is -2.27. The van der Waals surface area contributed by atoms with Crippen molar-refractivity contribution in [2.45, 2.75) is 12.2 Å². The number of para-hydroxylation sites is 1. The maximum absolute atomic E-state index is 9.92. The molecule has 0 radical (unpaired) electrons. The first-order chi connectivity index (χ1) is 9.20. The minimum atomic E-state index is -0.970. The van der Waals surface area contributed by atoms with Crippen molar-refractivity contribution in [2.24, 2.45) is 5.73 Å². The summed E-state index contributed by atoms with van der Waals surface area (Å²) in [5.74, 6) is 0. The Morgan fingerprint density at radius 3 is 2.32 bits per heavy atom. The first-order valence-corrected chi connectivity index (χ1v) is 6.19. The van der Waals surface area contributed by atoms with Gasteiger partial charge in [-0.05, 0) is 29.8 Å². The van der Waals surface area contributed by atoms with Crippen LogP contribution in [0.2, 0.25) is 0 Å². The molecule has 2 unspecified atom stereocenters. The minimum absolute atomic E-state index is 0.0253. The number of aliphatic hydroxyl groups is 2. The number of nitrogens with one attached hydrogen (secondary N) is 1. The summed E-state index contributed by atoms with van der Waals surface area (Å²) >= 11 is 0. The van der Waals surface area contributed by atoms with E-state index in [-0.39, 0.29) is 6.54 Å². The summed E-state index contributed by atoms with van der Waals surface area (Å²) in [5.41, 5.74) is 7.80. The molecular formula is C15H18N2O2. The summed E-state index contributed by atoms with van der Waals surface area (Å²) in [7, 11) is 0. The van der Waals surface area contributed by atoms with Gasteiger partial charge in [-0.2, -0.15) is 0 Å². The molecule has 2 aromatic carbocycles. The quantitative estimate of drug-likeness (QED) is 0.659. The van der Waals surface area contributed by atoms with Crippen LogP contribution >= 0.6 is 0 Å². The summed E-state index contributed by atoms with van der Waals surface area (Å²) in [5, 5.41) is 22.7. The topological polar surface area (TPSA) is 78.5 Å². The van der Waals surface area contributed by atoms with E-state index in [4.69, 9.17) is 5.73 Å². The zero-order chi connectivity index (χ0) is 13.7. The molecular weight excluding hydrogens is 240 g/mol. The molecule has 0 aliphatic rings. The van der Waals surface area contributed by atoms with E-state index >= 15 is 0 Å². The van der Waals surface area contributed by atoms with Gasteiger partial charge in [0.1, 0.15) is 6.10 Å². The van der Waals surface area contributed by atoms with Gasteiger partial charge < -0.3 is 21.3 Å². The van der Waals surface area contributed by atoms with Crippen LogP contribution in [0.15, 0.2) is 54.6 Å². The van der Waals surface area contributed by atoms with Crippen LogP contribution in [0.1, 0.15) is 11.7 Å². The van der Waals surface area contributed by atoms with Gasteiger partial charge in [0.05, 0.1) is 6.10 Å². The maximum Gasteiger partial charge on any atom is 0.106 e. The van der Waals surface area contributed by atoms with Crippen LogP contribution in [0.5, 0.6) is 0 Å². The third-order valence-electron chi connectivity index (χ3n) is 2.90. The molecule has 0 bridgehead atoms. The summed E-state index contributed by atoms with van der Waals surface area (Å²) in [6.45, 7) is 0.0253. The largest absolute Gasteiger partial charge is 0.389 e. The van der Waals surface area contributed by atoms with Gasteiger partial charge >= 0.3 is 0 Å². The molecule has 0 spiro atoms. The maximum atomic E-state index is 9.92. The van der Waals surface area contributed by atoms with Crippen molar-refractivity contribution in [1.82, 2.24) is 0 Å². The molecule has 0 amide bonds. The highest BCUT2D eigenvalue weighted by atomic mass is 16.3. The number of aliphatic hydroxyl groups excluding tert-OH is 2. The number of hydrogen-bond acceptors (Lipinski definition) is 4. The van der Waals surface area contributed by atoms with E-state index < -0.39 is 12.2 Å². The Kier molecular flexibility index (Phi) is 4.52. The molecule has 100 valence electrons. The van der Waals surface area contributed by atoms with Crippen molar-refractivity contribution in [3.05, 3.63) is 60.2 Å². The lowest BCUT2D eigenvalue weighted by atomic mass is 10.0. The molecule has 2 aromatic rings. The fourth-order valence-corrected chi connectivity index (χ4v) is 1.84. The highest BCUT2D eigenvalue weighted by Crippen LogP contribution is 2.22. The molecule has 19 heavy (non-hydrogen) atoms. The van der Waals surface area contributed by atoms with Gasteiger partial charge in [-0.15, -0.1) is 0 Å². The van der Waals surface area contributed by atoms with Gasteiger partial charge in [-0.1, -0.05) is 30.3 Å². The SMILES string of the molecule is NCC(O)C(O)c1cccc(Nc2ccccc2)c1. The van der Waals surface area contributed by atoms with Gasteiger partial charge in [0.25, 0.3) is 0 Å². The van der Waals surface area contributed by atoms with Crippen molar-refractivity contribution in [3.63, 3.8) is 0 Å². The van der Waals surface area contributed by atoms with Gasteiger partial charge in [-0.3, -0.25) is 0 Å². The summed E-state index contributed by atoms with van der Waals surface area (Å²) < 4.78 is 0. The van der Waals surface area contributed by atoms with E-state index in [0.29, 0.717) is 5.56 Å². The monoisotopic (exact) mass is 258 g/mol. The standard InChI is InChI=1S/C15H18N2O2/c16-10-14(18)15(19)11-5-4-8-13(9-11)17-12-6-2-1-3-7-12/h1-9,14-15,17-19H,10,16H2. The van der Waals surface area contributed by atoms with E-state index in [0.717, 1.165) is 11.4 Å². The van der Waals surface area contributed by atoms with Crippen LogP contribution in [-0.2, 0) is 0 Å². The third-order valence-corrected chi connectivity index (χ3v) is 2.90. The van der Waals surface area contributed by atoms with Crippen LogP contribution in [0.25, 0.3) is 0 Å². The molecule has 4 heteroatoms. The fourth-order valence-electron chi connectivity index (χ4n) is 1.84. The number of anilines is 2. The van der Waals surface area contributed by atoms with Crippen LogP contribution in [-0.4, -0.2) is 22.9 Å². The first-order valence-electron chi connectivity index (χ1n) is 6.19. The van der Waals surface area contributed by atoms with Crippen molar-refractivity contribution in [1.29, 1.82) is 0 Å². The molecule has 0 aliphatic carbocycles. The van der Waals surface area contributed by atoms with Gasteiger partial charge in [0.2, 0.25) is 0 Å². The van der Waals surface area contributed by atoms with E-state index in [2.05, 4.69) is 5.32 Å². The van der Waals surface area contributed by atoms with E-state index in [9.17, 15) is 10.2 Å². The fraction of sp³-hybridized carbons (Fsp3) is 0.200. The van der Waals surface area contributed by atoms with Gasteiger partial charge in [0.15, 0.2) is 0 Å². The predicted octanol–water partition coefficient (Wildman–Crippen LogP) is 1.78. The second-order valence-corrected chi connectivity index (χ2v) is 4.36. The molecule has 2 atom stereocenters. The van der Waals surface area contributed by atoms with Crippen LogP contribution in [0.3, 0.4) is 0 Å². The molecule has 0 heterocycles. The Balaban J connectivity index is 2.15. The van der Waals surface area contributed by atoms with Crippen molar-refractivity contribution in [2.75, 3.05) is 11.9 Å². The van der Waals surface area contributed by atoms with E-state index in [1.54, 1.807) is 12.1 Å². The zero-order valence-electron chi connectivity index (χ0n) is 10.5. The summed E-state index contributed by atoms with van der Waals surface area (Å²) in [6, 6.07) is 17.0. The summed E-state index contributed by atoms with van der Waals surface area (Å²) in [4.78, 5) is 0. The Bertz CT molecular complexity index is 517. The van der Waals surface area contributed by atoms with Crippen LogP contribution in [0, 0.1) is 0 Å². The second-order valence-electron chi connectivity index (χ2n) is 4.36. The Morgan fingerprint density at radius 2 is 1.63 bits per heavy atom. The molecule has 0 aliphatic heterocycles. The Labute approximate surface area is 112 Å². The molecule has 5 N–H and O–H groups in total. The van der Waals surface area contributed by atoms with Crippen LogP contribution in [0.4, 0.5) is 11.4 Å². The predicted molar refractivity (Wildman–Crippen MR) is 76.2 cm³/mol. The highest BCUT2D eigenvalue weighted by Gasteiger charge is 2.16. The minimum Gasteiger partial charge on any atom is -0.389 e. The molecule has 0 saturated heterocycles. The molecule has 0 aromatic heterocycles. The highest BCUT2D eigenvalue weighted by molar-refractivity contribution is 5.60. The average molecular weight is 258 g/mol. The molecule has 0 fully saturated rings. The molecule has 4 nitrogen and oxygen atoms in total. The Hall–Kier alpha value is -1.88. The second kappa shape index (κ2) is 6.33. The average Bonchev–Trinajstić information content (AvgIpc) is 2.47. The summed E-state index contributed by atoms with van der Waals surface area (Å²) in [6.07, 6.45) is -1.92. The zero-order valence-corrected chi connectivity index (χ0v) is 10.5. The number of benzene rings is 2. The number of nitrogens with two attached hydrogens (primary N) is 1. The van der Waals surface area contributed by atoms with Gasteiger partial charge in [0, 0.05) is 17.9 Å². The van der Waals surface area contributed by atoms with Crippen molar-refractivity contribution >= 4 is 11.4 Å². The Morgan fingerprint density at radius 1 is 0.947 bits per heavy atom. The van der Waals surface area contributed by atoms with E-state index in [1.807, 2.05) is 42.5 Å². The third kappa shape index (κ3) is 3.54. The first kappa shape index (κ1) is 13.5. The smallest absolute Gasteiger partial charge is 0.106 e.